The molecule has 0 aliphatic rings. The van der Waals surface area contributed by atoms with Crippen LogP contribution in [0.25, 0.3) is 0 Å². The Labute approximate surface area is 198 Å². The zero-order valence-corrected chi connectivity index (χ0v) is 18.9. The monoisotopic (exact) mass is 466 g/mol. The molecule has 0 aliphatic heterocycles. The maximum atomic E-state index is 10.8. The number of hydrogen-bond donors (Lipinski definition) is 4. The summed E-state index contributed by atoms with van der Waals surface area (Å²) < 4.78 is 6.08. The minimum atomic E-state index is -1.11. The van der Waals surface area contributed by atoms with Crippen LogP contribution in [0, 0.1) is 17.0 Å². The molecule has 3 aromatic carbocycles. The summed E-state index contributed by atoms with van der Waals surface area (Å²) in [5.41, 5.74) is 3.42. The summed E-state index contributed by atoms with van der Waals surface area (Å²) in [6.45, 7) is 1.74. The molecule has 8 nitrogen and oxygen atoms in total. The first-order valence-corrected chi connectivity index (χ1v) is 11.1. The van der Waals surface area contributed by atoms with Crippen molar-refractivity contribution in [3.8, 4) is 0 Å². The van der Waals surface area contributed by atoms with Gasteiger partial charge >= 0.3 is 0 Å². The van der Waals surface area contributed by atoms with Crippen LogP contribution in [0.4, 0.5) is 5.69 Å². The predicted molar refractivity (Wildman–Crippen MR) is 128 cm³/mol. The summed E-state index contributed by atoms with van der Waals surface area (Å²) in [7, 11) is 0. The van der Waals surface area contributed by atoms with Gasteiger partial charge < -0.3 is 25.4 Å². The van der Waals surface area contributed by atoms with Crippen molar-refractivity contribution in [3.05, 3.63) is 111 Å². The lowest BCUT2D eigenvalue weighted by Crippen LogP contribution is -2.43. The summed E-state index contributed by atoms with van der Waals surface area (Å²) in [5.74, 6) is 0. The molecule has 34 heavy (non-hydrogen) atoms. The molecule has 4 atom stereocenters. The Kier molecular flexibility index (Phi) is 9.26. The average Bonchev–Trinajstić information content (AvgIpc) is 2.86. The SMILES string of the molecule is Cc1ccc([C@@H](OC[C@H](O)CN[C@@H](CO)[C@H](O)c2ccc([N+](=O)[O-])cc2)c2ccccc2)cc1. The molecule has 4 N–H and O–H groups in total. The van der Waals surface area contributed by atoms with Crippen LogP contribution in [-0.4, -0.2) is 52.1 Å². The smallest absolute Gasteiger partial charge is 0.269 e. The molecule has 3 aromatic rings. The Morgan fingerprint density at radius 2 is 1.50 bits per heavy atom. The number of non-ortho nitro benzene ring substituents is 1. The summed E-state index contributed by atoms with van der Waals surface area (Å²) in [6, 6.07) is 22.5. The van der Waals surface area contributed by atoms with E-state index in [0.29, 0.717) is 5.56 Å². The van der Waals surface area contributed by atoms with Crippen LogP contribution < -0.4 is 5.32 Å². The minimum Gasteiger partial charge on any atom is -0.395 e. The van der Waals surface area contributed by atoms with Gasteiger partial charge in [-0.25, -0.2) is 0 Å². The molecule has 0 amide bonds. The van der Waals surface area contributed by atoms with Crippen LogP contribution in [0.15, 0.2) is 78.9 Å². The maximum absolute atomic E-state index is 10.8. The topological polar surface area (TPSA) is 125 Å². The van der Waals surface area contributed by atoms with Gasteiger partial charge in [0, 0.05) is 18.7 Å². The third-order valence-electron chi connectivity index (χ3n) is 5.58. The molecule has 0 unspecified atom stereocenters. The zero-order valence-electron chi connectivity index (χ0n) is 18.9. The Hall–Kier alpha value is -3.14. The van der Waals surface area contributed by atoms with Crippen LogP contribution in [0.3, 0.4) is 0 Å². The molecular formula is C26H30N2O6. The van der Waals surface area contributed by atoms with Gasteiger partial charge in [-0.2, -0.15) is 0 Å². The quantitative estimate of drug-likeness (QED) is 0.239. The van der Waals surface area contributed by atoms with Crippen molar-refractivity contribution < 1.29 is 25.0 Å². The van der Waals surface area contributed by atoms with Crippen LogP contribution in [-0.2, 0) is 4.74 Å². The van der Waals surface area contributed by atoms with E-state index in [2.05, 4.69) is 5.32 Å². The van der Waals surface area contributed by atoms with Crippen molar-refractivity contribution in [2.24, 2.45) is 0 Å². The van der Waals surface area contributed by atoms with E-state index in [1.165, 1.54) is 24.3 Å². The Morgan fingerprint density at radius 3 is 2.09 bits per heavy atom. The maximum Gasteiger partial charge on any atom is 0.269 e. The molecule has 0 spiro atoms. The first-order chi connectivity index (χ1) is 16.4. The van der Waals surface area contributed by atoms with E-state index in [9.17, 15) is 25.4 Å². The standard InChI is InChI=1S/C26H30N2O6/c1-18-7-9-21(10-8-18)26(20-5-3-2-4-6-20)34-17-23(30)15-27-24(16-29)25(31)19-11-13-22(14-12-19)28(32)33/h2-14,23-27,29-31H,15-17H2,1H3/t23-,24+,25-,26+/m1/s1. The third kappa shape index (κ3) is 6.93. The second kappa shape index (κ2) is 12.4. The van der Waals surface area contributed by atoms with E-state index in [4.69, 9.17) is 4.74 Å². The van der Waals surface area contributed by atoms with Crippen molar-refractivity contribution in [2.45, 2.75) is 31.3 Å². The molecule has 0 saturated heterocycles. The van der Waals surface area contributed by atoms with Crippen LogP contribution >= 0.6 is 0 Å². The fourth-order valence-electron chi connectivity index (χ4n) is 3.61. The fraction of sp³-hybridized carbons (Fsp3) is 0.308. The highest BCUT2D eigenvalue weighted by atomic mass is 16.6. The van der Waals surface area contributed by atoms with E-state index >= 15 is 0 Å². The number of rotatable bonds is 12. The molecule has 0 bridgehead atoms. The fourth-order valence-corrected chi connectivity index (χ4v) is 3.61. The van der Waals surface area contributed by atoms with E-state index in [1.54, 1.807) is 0 Å². The van der Waals surface area contributed by atoms with Gasteiger partial charge in [-0.1, -0.05) is 60.2 Å². The van der Waals surface area contributed by atoms with Gasteiger partial charge in [-0.15, -0.1) is 0 Å². The highest BCUT2D eigenvalue weighted by molar-refractivity contribution is 5.34. The summed E-state index contributed by atoms with van der Waals surface area (Å²) in [6.07, 6.45) is -2.35. The Bertz CT molecular complexity index is 1030. The van der Waals surface area contributed by atoms with Crippen LogP contribution in [0.1, 0.15) is 34.5 Å². The second-order valence-electron chi connectivity index (χ2n) is 8.18. The predicted octanol–water partition coefficient (Wildman–Crippen LogP) is 3.05. The van der Waals surface area contributed by atoms with E-state index in [0.717, 1.165) is 16.7 Å². The van der Waals surface area contributed by atoms with Crippen LogP contribution in [0.5, 0.6) is 0 Å². The largest absolute Gasteiger partial charge is 0.395 e. The Morgan fingerprint density at radius 1 is 0.912 bits per heavy atom. The molecule has 3 rings (SSSR count). The van der Waals surface area contributed by atoms with Gasteiger partial charge in [-0.3, -0.25) is 10.1 Å². The highest BCUT2D eigenvalue weighted by Crippen LogP contribution is 2.26. The number of nitrogens with zero attached hydrogens (tertiary/aromatic N) is 1. The Balaban J connectivity index is 1.59. The number of aliphatic hydroxyl groups is 3. The first-order valence-electron chi connectivity index (χ1n) is 11.1. The van der Waals surface area contributed by atoms with E-state index < -0.39 is 23.2 Å². The van der Waals surface area contributed by atoms with Gasteiger partial charge in [0.15, 0.2) is 0 Å². The number of nitro benzene ring substituents is 1. The molecule has 0 fully saturated rings. The second-order valence-corrected chi connectivity index (χ2v) is 8.18. The number of hydrogen-bond acceptors (Lipinski definition) is 7. The number of nitro groups is 1. The molecular weight excluding hydrogens is 436 g/mol. The number of aliphatic hydroxyl groups excluding tert-OH is 3. The third-order valence-corrected chi connectivity index (χ3v) is 5.58. The molecule has 0 radical (unpaired) electrons. The molecule has 0 aromatic heterocycles. The van der Waals surface area contributed by atoms with Gasteiger partial charge in [0.25, 0.3) is 5.69 Å². The zero-order chi connectivity index (χ0) is 24.5. The minimum absolute atomic E-state index is 0.0339. The molecule has 8 heteroatoms. The first kappa shape index (κ1) is 25.5. The molecule has 0 aliphatic carbocycles. The molecule has 0 saturated carbocycles. The van der Waals surface area contributed by atoms with Crippen LogP contribution in [0.2, 0.25) is 0 Å². The number of benzene rings is 3. The van der Waals surface area contributed by atoms with Gasteiger partial charge in [0.1, 0.15) is 6.10 Å². The molecule has 0 heterocycles. The summed E-state index contributed by atoms with van der Waals surface area (Å²) in [4.78, 5) is 10.3. The number of ether oxygens (including phenoxy) is 1. The van der Waals surface area contributed by atoms with Gasteiger partial charge in [-0.05, 0) is 35.7 Å². The average molecular weight is 467 g/mol. The van der Waals surface area contributed by atoms with Crippen molar-refractivity contribution >= 4 is 5.69 Å². The van der Waals surface area contributed by atoms with Crippen molar-refractivity contribution in [3.63, 3.8) is 0 Å². The number of aryl methyl sites for hydroxylation is 1. The van der Waals surface area contributed by atoms with Gasteiger partial charge in [0.2, 0.25) is 0 Å². The normalized spacial score (nSPS) is 14.8. The van der Waals surface area contributed by atoms with E-state index in [-0.39, 0.29) is 31.5 Å². The lowest BCUT2D eigenvalue weighted by Gasteiger charge is -2.25. The van der Waals surface area contributed by atoms with Crippen molar-refractivity contribution in [2.75, 3.05) is 19.8 Å². The lowest BCUT2D eigenvalue weighted by molar-refractivity contribution is -0.384. The number of nitrogens with one attached hydrogen (secondary N) is 1. The highest BCUT2D eigenvalue weighted by Gasteiger charge is 2.22. The van der Waals surface area contributed by atoms with Crippen molar-refractivity contribution in [1.82, 2.24) is 5.32 Å². The summed E-state index contributed by atoms with van der Waals surface area (Å²) >= 11 is 0. The van der Waals surface area contributed by atoms with E-state index in [1.807, 2.05) is 61.5 Å². The van der Waals surface area contributed by atoms with Crippen molar-refractivity contribution in [1.29, 1.82) is 0 Å². The summed E-state index contributed by atoms with van der Waals surface area (Å²) in [5, 5.41) is 44.5. The van der Waals surface area contributed by atoms with Gasteiger partial charge in [0.05, 0.1) is 36.4 Å². The molecule has 180 valence electrons. The lowest BCUT2D eigenvalue weighted by atomic mass is 10.0.